The molecule has 1 aliphatic rings. The Hall–Kier alpha value is -1.16. The van der Waals surface area contributed by atoms with E-state index in [4.69, 9.17) is 0 Å². The predicted molar refractivity (Wildman–Crippen MR) is 74.9 cm³/mol. The molecule has 1 heterocycles. The van der Waals surface area contributed by atoms with Crippen molar-refractivity contribution in [1.29, 1.82) is 0 Å². The summed E-state index contributed by atoms with van der Waals surface area (Å²) in [5.41, 5.74) is 1.22. The summed E-state index contributed by atoms with van der Waals surface area (Å²) in [5, 5.41) is 3.31. The van der Waals surface area contributed by atoms with Crippen LogP contribution in [0.3, 0.4) is 0 Å². The van der Waals surface area contributed by atoms with Gasteiger partial charge in [-0.25, -0.2) is 9.97 Å². The van der Waals surface area contributed by atoms with E-state index >= 15 is 0 Å². The highest BCUT2D eigenvalue weighted by molar-refractivity contribution is 5.26. The molecule has 0 saturated heterocycles. The third-order valence-electron chi connectivity index (χ3n) is 3.52. The van der Waals surface area contributed by atoms with E-state index in [0.29, 0.717) is 5.92 Å². The van der Waals surface area contributed by atoms with Gasteiger partial charge in [0, 0.05) is 24.4 Å². The lowest BCUT2D eigenvalue weighted by molar-refractivity contribution is 0.405. The summed E-state index contributed by atoms with van der Waals surface area (Å²) in [7, 11) is 4.19. The summed E-state index contributed by atoms with van der Waals surface area (Å²) < 4.78 is 0. The molecule has 0 spiro atoms. The van der Waals surface area contributed by atoms with E-state index in [0.717, 1.165) is 25.5 Å². The number of aromatic nitrogens is 2. The topological polar surface area (TPSA) is 41.0 Å². The first-order valence-corrected chi connectivity index (χ1v) is 6.97. The molecule has 0 radical (unpaired) electrons. The molecule has 2 rings (SSSR count). The number of hydrogen-bond acceptors (Lipinski definition) is 4. The lowest BCUT2D eigenvalue weighted by Gasteiger charge is -2.12. The van der Waals surface area contributed by atoms with Crippen LogP contribution in [-0.4, -0.2) is 42.1 Å². The molecular weight excluding hydrogens is 224 g/mol. The molecule has 1 N–H and O–H groups in total. The lowest BCUT2D eigenvalue weighted by atomic mass is 10.0. The minimum atomic E-state index is 0.662. The van der Waals surface area contributed by atoms with Gasteiger partial charge in [-0.3, -0.25) is 0 Å². The van der Waals surface area contributed by atoms with Crippen LogP contribution in [0.25, 0.3) is 0 Å². The van der Waals surface area contributed by atoms with Crippen LogP contribution in [0.2, 0.25) is 0 Å². The van der Waals surface area contributed by atoms with Gasteiger partial charge >= 0.3 is 0 Å². The van der Waals surface area contributed by atoms with Crippen LogP contribution in [0, 0.1) is 0 Å². The number of nitrogens with zero attached hydrogens (tertiary/aromatic N) is 3. The molecule has 0 aliphatic heterocycles. The van der Waals surface area contributed by atoms with E-state index < -0.39 is 0 Å². The van der Waals surface area contributed by atoms with Gasteiger partial charge < -0.3 is 10.2 Å². The van der Waals surface area contributed by atoms with Gasteiger partial charge in [-0.15, -0.1) is 0 Å². The monoisotopic (exact) mass is 248 g/mol. The molecule has 0 unspecified atom stereocenters. The standard InChI is InChI=1S/C14H24N4/c1-18(2)11-5-9-15-14-16-10-8-13(17-14)12-6-3-4-7-12/h8,10,12H,3-7,9,11H2,1-2H3,(H,15,16,17). The molecule has 0 bridgehead atoms. The Balaban J connectivity index is 1.83. The highest BCUT2D eigenvalue weighted by Gasteiger charge is 2.18. The molecule has 1 fully saturated rings. The van der Waals surface area contributed by atoms with Crippen molar-refractivity contribution in [1.82, 2.24) is 14.9 Å². The molecule has 1 aromatic heterocycles. The van der Waals surface area contributed by atoms with E-state index in [-0.39, 0.29) is 0 Å². The molecule has 100 valence electrons. The molecular formula is C14H24N4. The van der Waals surface area contributed by atoms with Crippen LogP contribution in [0.4, 0.5) is 5.95 Å². The average molecular weight is 248 g/mol. The smallest absolute Gasteiger partial charge is 0.222 e. The fraction of sp³-hybridized carbons (Fsp3) is 0.714. The summed E-state index contributed by atoms with van der Waals surface area (Å²) in [6.45, 7) is 2.03. The van der Waals surface area contributed by atoms with Crippen LogP contribution in [0.15, 0.2) is 12.3 Å². The van der Waals surface area contributed by atoms with Gasteiger partial charge in [-0.2, -0.15) is 0 Å². The van der Waals surface area contributed by atoms with Crippen molar-refractivity contribution in [2.24, 2.45) is 0 Å². The fourth-order valence-electron chi connectivity index (χ4n) is 2.50. The molecule has 1 saturated carbocycles. The van der Waals surface area contributed by atoms with Crippen molar-refractivity contribution in [2.75, 3.05) is 32.5 Å². The molecule has 1 aliphatic carbocycles. The fourth-order valence-corrected chi connectivity index (χ4v) is 2.50. The van der Waals surface area contributed by atoms with Crippen LogP contribution in [0.1, 0.15) is 43.7 Å². The highest BCUT2D eigenvalue weighted by atomic mass is 15.1. The van der Waals surface area contributed by atoms with E-state index in [1.807, 2.05) is 6.20 Å². The average Bonchev–Trinajstić information content (AvgIpc) is 2.89. The maximum absolute atomic E-state index is 4.64. The first kappa shape index (κ1) is 13.3. The summed E-state index contributed by atoms with van der Waals surface area (Å²) in [6, 6.07) is 2.07. The van der Waals surface area contributed by atoms with Gasteiger partial charge in [0.15, 0.2) is 0 Å². The van der Waals surface area contributed by atoms with Gasteiger partial charge in [-0.05, 0) is 46.0 Å². The maximum Gasteiger partial charge on any atom is 0.222 e. The summed E-state index contributed by atoms with van der Waals surface area (Å²) >= 11 is 0. The van der Waals surface area contributed by atoms with E-state index in [2.05, 4.69) is 40.3 Å². The number of hydrogen-bond donors (Lipinski definition) is 1. The number of rotatable bonds is 6. The summed E-state index contributed by atoms with van der Waals surface area (Å²) in [5.74, 6) is 1.45. The third kappa shape index (κ3) is 3.95. The Morgan fingerprint density at radius 3 is 2.83 bits per heavy atom. The first-order chi connectivity index (χ1) is 8.75. The quantitative estimate of drug-likeness (QED) is 0.785. The van der Waals surface area contributed by atoms with Crippen molar-refractivity contribution in [3.8, 4) is 0 Å². The van der Waals surface area contributed by atoms with Gasteiger partial charge in [-0.1, -0.05) is 12.8 Å². The van der Waals surface area contributed by atoms with Crippen molar-refractivity contribution in [3.05, 3.63) is 18.0 Å². The van der Waals surface area contributed by atoms with Crippen molar-refractivity contribution >= 4 is 5.95 Å². The molecule has 18 heavy (non-hydrogen) atoms. The largest absolute Gasteiger partial charge is 0.354 e. The molecule has 4 heteroatoms. The molecule has 1 aromatic rings. The van der Waals surface area contributed by atoms with E-state index in [1.165, 1.54) is 31.4 Å². The van der Waals surface area contributed by atoms with Gasteiger partial charge in [0.05, 0.1) is 0 Å². The van der Waals surface area contributed by atoms with Gasteiger partial charge in [0.25, 0.3) is 0 Å². The molecule has 4 nitrogen and oxygen atoms in total. The van der Waals surface area contributed by atoms with Crippen molar-refractivity contribution in [3.63, 3.8) is 0 Å². The normalized spacial score (nSPS) is 16.4. The van der Waals surface area contributed by atoms with Crippen LogP contribution in [0.5, 0.6) is 0 Å². The van der Waals surface area contributed by atoms with Crippen LogP contribution < -0.4 is 5.32 Å². The second-order valence-corrected chi connectivity index (χ2v) is 5.37. The summed E-state index contributed by atoms with van der Waals surface area (Å²) in [4.78, 5) is 11.1. The molecule has 0 aromatic carbocycles. The second kappa shape index (κ2) is 6.69. The van der Waals surface area contributed by atoms with E-state index in [9.17, 15) is 0 Å². The van der Waals surface area contributed by atoms with Crippen molar-refractivity contribution < 1.29 is 0 Å². The number of nitrogens with one attached hydrogen (secondary N) is 1. The minimum absolute atomic E-state index is 0.662. The predicted octanol–water partition coefficient (Wildman–Crippen LogP) is 2.50. The first-order valence-electron chi connectivity index (χ1n) is 6.97. The zero-order chi connectivity index (χ0) is 12.8. The second-order valence-electron chi connectivity index (χ2n) is 5.37. The Bertz CT molecular complexity index is 359. The van der Waals surface area contributed by atoms with Gasteiger partial charge in [0.1, 0.15) is 0 Å². The number of anilines is 1. The minimum Gasteiger partial charge on any atom is -0.354 e. The zero-order valence-electron chi connectivity index (χ0n) is 11.5. The molecule has 0 amide bonds. The Morgan fingerprint density at radius 2 is 2.11 bits per heavy atom. The Labute approximate surface area is 110 Å². The zero-order valence-corrected chi connectivity index (χ0v) is 11.5. The molecule has 0 atom stereocenters. The van der Waals surface area contributed by atoms with Crippen LogP contribution >= 0.6 is 0 Å². The SMILES string of the molecule is CN(C)CCCNc1nccc(C2CCCC2)n1. The van der Waals surface area contributed by atoms with Gasteiger partial charge in [0.2, 0.25) is 5.95 Å². The van der Waals surface area contributed by atoms with E-state index in [1.54, 1.807) is 0 Å². The third-order valence-corrected chi connectivity index (χ3v) is 3.52. The lowest BCUT2D eigenvalue weighted by Crippen LogP contribution is -2.17. The summed E-state index contributed by atoms with van der Waals surface area (Å²) in [6.07, 6.45) is 8.27. The highest BCUT2D eigenvalue weighted by Crippen LogP contribution is 2.32. The Kier molecular flexibility index (Phi) is 4.93. The van der Waals surface area contributed by atoms with Crippen LogP contribution in [-0.2, 0) is 0 Å². The van der Waals surface area contributed by atoms with Crippen molar-refractivity contribution in [2.45, 2.75) is 38.0 Å². The Morgan fingerprint density at radius 1 is 1.33 bits per heavy atom. The maximum atomic E-state index is 4.64.